The number of phenolic OH excluding ortho intramolecular Hbond substituents is 2. The van der Waals surface area contributed by atoms with Crippen molar-refractivity contribution in [1.29, 1.82) is 0 Å². The molecule has 0 aliphatic rings. The molecule has 0 heterocycles. The summed E-state index contributed by atoms with van der Waals surface area (Å²) in [5.41, 5.74) is 1.82. The van der Waals surface area contributed by atoms with Gasteiger partial charge in [0.15, 0.2) is 0 Å². The van der Waals surface area contributed by atoms with Crippen LogP contribution in [0, 0.1) is 0 Å². The highest BCUT2D eigenvalue weighted by molar-refractivity contribution is 5.44. The van der Waals surface area contributed by atoms with Crippen molar-refractivity contribution in [3.8, 4) is 23.0 Å². The second kappa shape index (κ2) is 8.47. The molecule has 2 aromatic carbocycles. The van der Waals surface area contributed by atoms with Crippen LogP contribution >= 0.6 is 0 Å². The third-order valence-electron chi connectivity index (χ3n) is 3.94. The van der Waals surface area contributed by atoms with Crippen LogP contribution in [-0.2, 0) is 12.8 Å². The van der Waals surface area contributed by atoms with Crippen molar-refractivity contribution >= 4 is 0 Å². The summed E-state index contributed by atoms with van der Waals surface area (Å²) in [4.78, 5) is 0. The van der Waals surface area contributed by atoms with E-state index in [1.165, 1.54) is 0 Å². The standard InChI is InChI=1S/C20H26O3/c1-3-5-7-15-13-17(9-11-19(15)21)23-18-10-12-20(22)16(14-18)8-6-4-2/h9-14,21-22H,3-8H2,1-2H3. The minimum atomic E-state index is 0.320. The van der Waals surface area contributed by atoms with Crippen LogP contribution in [-0.4, -0.2) is 10.2 Å². The molecule has 0 atom stereocenters. The van der Waals surface area contributed by atoms with Gasteiger partial charge in [-0.15, -0.1) is 0 Å². The zero-order valence-corrected chi connectivity index (χ0v) is 14.0. The molecule has 2 aromatic rings. The Hall–Kier alpha value is -2.16. The highest BCUT2D eigenvalue weighted by Gasteiger charge is 2.07. The summed E-state index contributed by atoms with van der Waals surface area (Å²) in [5.74, 6) is 2.06. The number of benzene rings is 2. The number of phenols is 2. The van der Waals surface area contributed by atoms with Crippen molar-refractivity contribution in [2.24, 2.45) is 0 Å². The Morgan fingerprint density at radius 1 is 0.739 bits per heavy atom. The van der Waals surface area contributed by atoms with Gasteiger partial charge >= 0.3 is 0 Å². The van der Waals surface area contributed by atoms with Crippen LogP contribution in [0.15, 0.2) is 36.4 Å². The van der Waals surface area contributed by atoms with E-state index in [2.05, 4.69) is 13.8 Å². The summed E-state index contributed by atoms with van der Waals surface area (Å²) in [6, 6.07) is 10.7. The van der Waals surface area contributed by atoms with Gasteiger partial charge in [0.1, 0.15) is 23.0 Å². The third-order valence-corrected chi connectivity index (χ3v) is 3.94. The molecule has 0 bridgehead atoms. The van der Waals surface area contributed by atoms with Crippen LogP contribution < -0.4 is 4.74 Å². The molecule has 124 valence electrons. The van der Waals surface area contributed by atoms with E-state index < -0.39 is 0 Å². The van der Waals surface area contributed by atoms with Crippen molar-refractivity contribution in [1.82, 2.24) is 0 Å². The largest absolute Gasteiger partial charge is 0.508 e. The summed E-state index contributed by atoms with van der Waals surface area (Å²) in [7, 11) is 0. The zero-order valence-electron chi connectivity index (χ0n) is 14.0. The maximum absolute atomic E-state index is 9.92. The van der Waals surface area contributed by atoms with Gasteiger partial charge in [0.25, 0.3) is 0 Å². The topological polar surface area (TPSA) is 49.7 Å². The van der Waals surface area contributed by atoms with E-state index in [0.717, 1.165) is 49.7 Å². The van der Waals surface area contributed by atoms with Gasteiger partial charge in [0, 0.05) is 0 Å². The predicted octanol–water partition coefficient (Wildman–Crippen LogP) is 5.58. The Morgan fingerprint density at radius 3 is 1.57 bits per heavy atom. The number of aryl methyl sites for hydroxylation is 2. The lowest BCUT2D eigenvalue weighted by Gasteiger charge is -2.11. The molecule has 3 nitrogen and oxygen atoms in total. The van der Waals surface area contributed by atoms with E-state index in [9.17, 15) is 10.2 Å². The maximum atomic E-state index is 9.92. The van der Waals surface area contributed by atoms with Crippen molar-refractivity contribution < 1.29 is 14.9 Å². The summed E-state index contributed by atoms with van der Waals surface area (Å²) in [6.07, 6.45) is 5.94. The Balaban J connectivity index is 2.15. The lowest BCUT2D eigenvalue weighted by atomic mass is 10.1. The Bertz CT molecular complexity index is 579. The average Bonchev–Trinajstić information content (AvgIpc) is 2.55. The first kappa shape index (κ1) is 17.2. The van der Waals surface area contributed by atoms with Crippen molar-refractivity contribution in [3.63, 3.8) is 0 Å². The molecule has 0 aromatic heterocycles. The molecule has 0 amide bonds. The molecular formula is C20H26O3. The van der Waals surface area contributed by atoms with Gasteiger partial charge in [-0.25, -0.2) is 0 Å². The number of hydrogen-bond acceptors (Lipinski definition) is 3. The highest BCUT2D eigenvalue weighted by Crippen LogP contribution is 2.31. The van der Waals surface area contributed by atoms with Crippen LogP contribution in [0.2, 0.25) is 0 Å². The number of rotatable bonds is 8. The fourth-order valence-corrected chi connectivity index (χ4v) is 2.52. The summed E-state index contributed by atoms with van der Waals surface area (Å²) in [6.45, 7) is 4.26. The number of hydrogen-bond donors (Lipinski definition) is 2. The SMILES string of the molecule is CCCCc1cc(Oc2ccc(O)c(CCCC)c2)ccc1O. The molecule has 0 aliphatic heterocycles. The Morgan fingerprint density at radius 2 is 1.17 bits per heavy atom. The molecule has 23 heavy (non-hydrogen) atoms. The van der Waals surface area contributed by atoms with Crippen LogP contribution in [0.4, 0.5) is 0 Å². The lowest BCUT2D eigenvalue weighted by molar-refractivity contribution is 0.450. The molecule has 0 fully saturated rings. The summed E-state index contributed by atoms with van der Waals surface area (Å²) >= 11 is 0. The monoisotopic (exact) mass is 314 g/mol. The van der Waals surface area contributed by atoms with Gasteiger partial charge in [-0.05, 0) is 73.2 Å². The molecule has 3 heteroatoms. The van der Waals surface area contributed by atoms with Gasteiger partial charge in [-0.2, -0.15) is 0 Å². The van der Waals surface area contributed by atoms with Gasteiger partial charge in [-0.3, -0.25) is 0 Å². The van der Waals surface area contributed by atoms with Crippen molar-refractivity contribution in [2.75, 3.05) is 0 Å². The smallest absolute Gasteiger partial charge is 0.127 e. The summed E-state index contributed by atoms with van der Waals surface area (Å²) in [5, 5.41) is 19.8. The van der Waals surface area contributed by atoms with Crippen molar-refractivity contribution in [3.05, 3.63) is 47.5 Å². The number of ether oxygens (including phenoxy) is 1. The minimum Gasteiger partial charge on any atom is -0.508 e. The first-order chi connectivity index (χ1) is 11.1. The first-order valence-electron chi connectivity index (χ1n) is 8.45. The third kappa shape index (κ3) is 4.92. The Labute approximate surface area is 138 Å². The second-order valence-corrected chi connectivity index (χ2v) is 5.89. The van der Waals surface area contributed by atoms with Crippen LogP contribution in [0.25, 0.3) is 0 Å². The normalized spacial score (nSPS) is 10.7. The fraction of sp³-hybridized carbons (Fsp3) is 0.400. The Kier molecular flexibility index (Phi) is 6.33. The highest BCUT2D eigenvalue weighted by atomic mass is 16.5. The van der Waals surface area contributed by atoms with E-state index in [1.54, 1.807) is 24.3 Å². The van der Waals surface area contributed by atoms with E-state index in [4.69, 9.17) is 4.74 Å². The minimum absolute atomic E-state index is 0.320. The van der Waals surface area contributed by atoms with Gasteiger partial charge in [0.2, 0.25) is 0 Å². The quantitative estimate of drug-likeness (QED) is 0.669. The molecule has 0 saturated carbocycles. The molecule has 0 saturated heterocycles. The second-order valence-electron chi connectivity index (χ2n) is 5.89. The van der Waals surface area contributed by atoms with E-state index in [1.807, 2.05) is 12.1 Å². The molecule has 0 spiro atoms. The van der Waals surface area contributed by atoms with Gasteiger partial charge < -0.3 is 14.9 Å². The zero-order chi connectivity index (χ0) is 16.7. The average molecular weight is 314 g/mol. The number of aromatic hydroxyl groups is 2. The van der Waals surface area contributed by atoms with Crippen LogP contribution in [0.3, 0.4) is 0 Å². The molecular weight excluding hydrogens is 288 g/mol. The fourth-order valence-electron chi connectivity index (χ4n) is 2.52. The predicted molar refractivity (Wildman–Crippen MR) is 93.5 cm³/mol. The number of unbranched alkanes of at least 4 members (excludes halogenated alkanes) is 2. The summed E-state index contributed by atoms with van der Waals surface area (Å²) < 4.78 is 5.91. The van der Waals surface area contributed by atoms with Crippen LogP contribution in [0.5, 0.6) is 23.0 Å². The maximum Gasteiger partial charge on any atom is 0.127 e. The van der Waals surface area contributed by atoms with E-state index in [0.29, 0.717) is 23.0 Å². The lowest BCUT2D eigenvalue weighted by Crippen LogP contribution is -1.91. The molecule has 2 N–H and O–H groups in total. The van der Waals surface area contributed by atoms with Crippen molar-refractivity contribution in [2.45, 2.75) is 52.4 Å². The van der Waals surface area contributed by atoms with E-state index >= 15 is 0 Å². The van der Waals surface area contributed by atoms with E-state index in [-0.39, 0.29) is 0 Å². The molecule has 0 aliphatic carbocycles. The molecule has 0 radical (unpaired) electrons. The molecule has 0 unspecified atom stereocenters. The molecule has 2 rings (SSSR count). The van der Waals surface area contributed by atoms with Gasteiger partial charge in [-0.1, -0.05) is 26.7 Å². The first-order valence-corrected chi connectivity index (χ1v) is 8.45. The van der Waals surface area contributed by atoms with Gasteiger partial charge in [0.05, 0.1) is 0 Å². The van der Waals surface area contributed by atoms with Crippen LogP contribution in [0.1, 0.15) is 50.7 Å².